The summed E-state index contributed by atoms with van der Waals surface area (Å²) in [7, 11) is 0. The molecule has 2 N–H and O–H groups in total. The number of rotatable bonds is 4. The molecule has 21 heavy (non-hydrogen) atoms. The molecule has 0 saturated carbocycles. The molecule has 2 rings (SSSR count). The van der Waals surface area contributed by atoms with Crippen LogP contribution in [-0.2, 0) is 11.2 Å². The van der Waals surface area contributed by atoms with Crippen molar-refractivity contribution >= 4 is 6.09 Å². The second kappa shape index (κ2) is 6.35. The monoisotopic (exact) mass is 292 g/mol. The molecule has 0 unspecified atom stereocenters. The maximum absolute atomic E-state index is 11.8. The van der Waals surface area contributed by atoms with E-state index < -0.39 is 5.60 Å². The largest absolute Gasteiger partial charge is 0.508 e. The van der Waals surface area contributed by atoms with Crippen molar-refractivity contribution in [1.29, 1.82) is 0 Å². The zero-order valence-corrected chi connectivity index (χ0v) is 12.9. The molecular formula is C16H24N2O3. The average molecular weight is 292 g/mol. The highest BCUT2D eigenvalue weighted by molar-refractivity contribution is 5.69. The van der Waals surface area contributed by atoms with Gasteiger partial charge in [0.15, 0.2) is 0 Å². The molecule has 1 heterocycles. The van der Waals surface area contributed by atoms with E-state index in [9.17, 15) is 9.90 Å². The number of hydrogen-bond acceptors (Lipinski definition) is 4. The first-order chi connectivity index (χ1) is 9.83. The molecule has 0 aliphatic carbocycles. The molecule has 0 spiro atoms. The van der Waals surface area contributed by atoms with Crippen LogP contribution in [0.1, 0.15) is 26.3 Å². The molecule has 1 aliphatic rings. The van der Waals surface area contributed by atoms with Crippen LogP contribution in [0.25, 0.3) is 0 Å². The van der Waals surface area contributed by atoms with Crippen molar-refractivity contribution in [3.8, 4) is 5.75 Å². The number of carbonyl (C=O) groups is 1. The third-order valence-corrected chi connectivity index (χ3v) is 3.32. The van der Waals surface area contributed by atoms with Gasteiger partial charge >= 0.3 is 6.09 Å². The number of phenols is 1. The van der Waals surface area contributed by atoms with Gasteiger partial charge in [0.1, 0.15) is 11.4 Å². The fraction of sp³-hybridized carbons (Fsp3) is 0.562. The van der Waals surface area contributed by atoms with Crippen LogP contribution in [-0.4, -0.2) is 47.4 Å². The van der Waals surface area contributed by atoms with E-state index in [1.54, 1.807) is 17.0 Å². The number of amides is 1. The molecule has 1 aromatic carbocycles. The van der Waals surface area contributed by atoms with E-state index in [4.69, 9.17) is 4.74 Å². The van der Waals surface area contributed by atoms with Gasteiger partial charge in [-0.05, 0) is 51.4 Å². The first-order valence-electron chi connectivity index (χ1n) is 7.33. The zero-order valence-electron chi connectivity index (χ0n) is 12.9. The lowest BCUT2D eigenvalue weighted by atomic mass is 10.1. The predicted octanol–water partition coefficient (Wildman–Crippen LogP) is 2.14. The summed E-state index contributed by atoms with van der Waals surface area (Å²) >= 11 is 0. The summed E-state index contributed by atoms with van der Waals surface area (Å²) in [6, 6.07) is 7.58. The maximum atomic E-state index is 11.8. The number of likely N-dealkylation sites (tertiary alicyclic amines) is 1. The van der Waals surface area contributed by atoms with Crippen LogP contribution >= 0.6 is 0 Å². The van der Waals surface area contributed by atoms with Crippen LogP contribution < -0.4 is 5.32 Å². The molecule has 0 aromatic heterocycles. The predicted molar refractivity (Wildman–Crippen MR) is 81.4 cm³/mol. The molecule has 1 fully saturated rings. The van der Waals surface area contributed by atoms with Gasteiger partial charge in [0.05, 0.1) is 0 Å². The second-order valence-corrected chi connectivity index (χ2v) is 6.45. The van der Waals surface area contributed by atoms with Crippen LogP contribution in [0.2, 0.25) is 0 Å². The number of hydrogen-bond donors (Lipinski definition) is 2. The minimum atomic E-state index is -0.436. The highest BCUT2D eigenvalue weighted by atomic mass is 16.6. The summed E-state index contributed by atoms with van der Waals surface area (Å²) in [6.45, 7) is 7.88. The van der Waals surface area contributed by atoms with Gasteiger partial charge in [-0.2, -0.15) is 0 Å². The standard InChI is InChI=1S/C16H24N2O3/c1-16(2,3)21-15(20)18-10-13(11-18)17-9-8-12-4-6-14(19)7-5-12/h4-7,13,17,19H,8-11H2,1-3H3. The molecule has 5 heteroatoms. The molecule has 1 amide bonds. The number of benzene rings is 1. The third kappa shape index (κ3) is 4.93. The Morgan fingerprint density at radius 3 is 2.52 bits per heavy atom. The minimum absolute atomic E-state index is 0.237. The minimum Gasteiger partial charge on any atom is -0.508 e. The van der Waals surface area contributed by atoms with Gasteiger partial charge in [-0.3, -0.25) is 0 Å². The fourth-order valence-corrected chi connectivity index (χ4v) is 2.17. The van der Waals surface area contributed by atoms with Gasteiger partial charge < -0.3 is 20.1 Å². The lowest BCUT2D eigenvalue weighted by molar-refractivity contribution is 0.00542. The Hall–Kier alpha value is -1.75. The first kappa shape index (κ1) is 15.6. The molecule has 1 aromatic rings. The summed E-state index contributed by atoms with van der Waals surface area (Å²) in [4.78, 5) is 13.5. The Labute approximate surface area is 125 Å². The number of ether oxygens (including phenoxy) is 1. The molecule has 0 bridgehead atoms. The van der Waals surface area contributed by atoms with E-state index in [0.717, 1.165) is 13.0 Å². The lowest BCUT2D eigenvalue weighted by Crippen LogP contribution is -2.60. The topological polar surface area (TPSA) is 61.8 Å². The van der Waals surface area contributed by atoms with Gasteiger partial charge in [-0.15, -0.1) is 0 Å². The summed E-state index contributed by atoms with van der Waals surface area (Å²) in [5.41, 5.74) is 0.748. The van der Waals surface area contributed by atoms with E-state index in [-0.39, 0.29) is 6.09 Å². The van der Waals surface area contributed by atoms with E-state index in [2.05, 4.69) is 5.32 Å². The van der Waals surface area contributed by atoms with Crippen LogP contribution in [0.4, 0.5) is 4.79 Å². The third-order valence-electron chi connectivity index (χ3n) is 3.32. The Morgan fingerprint density at radius 1 is 1.33 bits per heavy atom. The van der Waals surface area contributed by atoms with Crippen molar-refractivity contribution in [2.45, 2.75) is 38.8 Å². The van der Waals surface area contributed by atoms with Crippen LogP contribution in [0.5, 0.6) is 5.75 Å². The summed E-state index contributed by atoms with van der Waals surface area (Å²) in [5, 5.41) is 12.6. The number of phenolic OH excluding ortho intramolecular Hbond substituents is 1. The summed E-state index contributed by atoms with van der Waals surface area (Å²) < 4.78 is 5.31. The van der Waals surface area contributed by atoms with Crippen molar-refractivity contribution in [3.63, 3.8) is 0 Å². The highest BCUT2D eigenvalue weighted by Crippen LogP contribution is 2.15. The molecule has 1 aliphatic heterocycles. The SMILES string of the molecule is CC(C)(C)OC(=O)N1CC(NCCc2ccc(O)cc2)C1. The van der Waals surface area contributed by atoms with Gasteiger partial charge in [-0.1, -0.05) is 12.1 Å². The fourth-order valence-electron chi connectivity index (χ4n) is 2.17. The van der Waals surface area contributed by atoms with Gasteiger partial charge in [0.2, 0.25) is 0 Å². The van der Waals surface area contributed by atoms with Gasteiger partial charge in [0.25, 0.3) is 0 Å². The first-order valence-corrected chi connectivity index (χ1v) is 7.33. The van der Waals surface area contributed by atoms with E-state index in [1.807, 2.05) is 32.9 Å². The quantitative estimate of drug-likeness (QED) is 0.892. The van der Waals surface area contributed by atoms with Crippen molar-refractivity contribution in [1.82, 2.24) is 10.2 Å². The summed E-state index contributed by atoms with van der Waals surface area (Å²) in [6.07, 6.45) is 0.669. The van der Waals surface area contributed by atoms with Crippen LogP contribution in [0.15, 0.2) is 24.3 Å². The summed E-state index contributed by atoms with van der Waals surface area (Å²) in [5.74, 6) is 0.290. The van der Waals surface area contributed by atoms with Crippen molar-refractivity contribution in [3.05, 3.63) is 29.8 Å². The van der Waals surface area contributed by atoms with E-state index in [1.165, 1.54) is 5.56 Å². The molecule has 0 radical (unpaired) electrons. The van der Waals surface area contributed by atoms with Crippen LogP contribution in [0, 0.1) is 0 Å². The van der Waals surface area contributed by atoms with E-state index >= 15 is 0 Å². The second-order valence-electron chi connectivity index (χ2n) is 6.45. The van der Waals surface area contributed by atoms with Crippen molar-refractivity contribution in [2.75, 3.05) is 19.6 Å². The molecule has 5 nitrogen and oxygen atoms in total. The lowest BCUT2D eigenvalue weighted by Gasteiger charge is -2.40. The average Bonchev–Trinajstić information content (AvgIpc) is 2.32. The Balaban J connectivity index is 1.62. The van der Waals surface area contributed by atoms with E-state index in [0.29, 0.717) is 24.9 Å². The number of aromatic hydroxyl groups is 1. The van der Waals surface area contributed by atoms with Crippen molar-refractivity contribution < 1.29 is 14.6 Å². The van der Waals surface area contributed by atoms with Crippen LogP contribution in [0.3, 0.4) is 0 Å². The zero-order chi connectivity index (χ0) is 15.5. The maximum Gasteiger partial charge on any atom is 0.410 e. The Bertz CT molecular complexity index is 473. The Morgan fingerprint density at radius 2 is 1.95 bits per heavy atom. The normalized spacial score (nSPS) is 15.7. The molecule has 1 saturated heterocycles. The van der Waals surface area contributed by atoms with Gasteiger partial charge in [-0.25, -0.2) is 4.79 Å². The number of carbonyl (C=O) groups excluding carboxylic acids is 1. The molecular weight excluding hydrogens is 268 g/mol. The Kier molecular flexibility index (Phi) is 4.73. The number of nitrogens with zero attached hydrogens (tertiary/aromatic N) is 1. The molecule has 0 atom stereocenters. The van der Waals surface area contributed by atoms with Gasteiger partial charge in [0, 0.05) is 19.1 Å². The van der Waals surface area contributed by atoms with Crippen molar-refractivity contribution in [2.24, 2.45) is 0 Å². The smallest absolute Gasteiger partial charge is 0.410 e. The molecule has 116 valence electrons. The highest BCUT2D eigenvalue weighted by Gasteiger charge is 2.33. The number of nitrogens with one attached hydrogen (secondary N) is 1.